The van der Waals surface area contributed by atoms with E-state index in [9.17, 15) is 0 Å². The van der Waals surface area contributed by atoms with Gasteiger partial charge in [-0.2, -0.15) is 0 Å². The molecule has 3 nitrogen and oxygen atoms in total. The molecule has 1 heterocycles. The summed E-state index contributed by atoms with van der Waals surface area (Å²) < 4.78 is 10.6. The van der Waals surface area contributed by atoms with Gasteiger partial charge in [0.1, 0.15) is 0 Å². The molecule has 0 saturated heterocycles. The highest BCUT2D eigenvalue weighted by atomic mass is 16.7. The van der Waals surface area contributed by atoms with Crippen LogP contribution in [0.25, 0.3) is 0 Å². The van der Waals surface area contributed by atoms with Gasteiger partial charge in [0.05, 0.1) is 0 Å². The maximum atomic E-state index is 6.13. The molecule has 3 heteroatoms. The van der Waals surface area contributed by atoms with Crippen molar-refractivity contribution in [3.05, 3.63) is 23.8 Å². The van der Waals surface area contributed by atoms with Gasteiger partial charge in [-0.15, -0.1) is 0 Å². The highest BCUT2D eigenvalue weighted by Gasteiger charge is 2.25. The molecular formula is C12H15NO2. The summed E-state index contributed by atoms with van der Waals surface area (Å²) >= 11 is 0. The lowest BCUT2D eigenvalue weighted by atomic mass is 10.0. The van der Waals surface area contributed by atoms with Crippen LogP contribution in [0, 0.1) is 5.92 Å². The maximum absolute atomic E-state index is 6.13. The number of hydrogen-bond donors (Lipinski definition) is 1. The zero-order chi connectivity index (χ0) is 10.3. The molecular weight excluding hydrogens is 190 g/mol. The van der Waals surface area contributed by atoms with Crippen LogP contribution < -0.4 is 15.2 Å². The maximum Gasteiger partial charge on any atom is 0.231 e. The lowest BCUT2D eigenvalue weighted by Gasteiger charge is -2.11. The number of ether oxygens (including phenoxy) is 2. The number of fused-ring (bicyclic) bond motifs is 1. The first-order valence-corrected chi connectivity index (χ1v) is 5.48. The second kappa shape index (κ2) is 3.42. The fourth-order valence-electron chi connectivity index (χ4n) is 1.99. The van der Waals surface area contributed by atoms with Crippen LogP contribution in [0.2, 0.25) is 0 Å². The van der Waals surface area contributed by atoms with E-state index in [4.69, 9.17) is 15.2 Å². The Bertz CT molecular complexity index is 374. The Morgan fingerprint density at radius 3 is 2.87 bits per heavy atom. The first-order valence-electron chi connectivity index (χ1n) is 5.48. The van der Waals surface area contributed by atoms with Crippen LogP contribution in [0.3, 0.4) is 0 Å². The van der Waals surface area contributed by atoms with Crippen molar-refractivity contribution in [3.8, 4) is 11.5 Å². The third kappa shape index (κ3) is 1.79. The number of benzene rings is 1. The van der Waals surface area contributed by atoms with Crippen molar-refractivity contribution in [2.45, 2.75) is 25.3 Å². The van der Waals surface area contributed by atoms with Gasteiger partial charge in [0.2, 0.25) is 6.79 Å². The molecule has 3 rings (SSSR count). The Morgan fingerprint density at radius 2 is 2.07 bits per heavy atom. The van der Waals surface area contributed by atoms with Crippen molar-refractivity contribution < 1.29 is 9.47 Å². The molecule has 1 fully saturated rings. The second-order valence-electron chi connectivity index (χ2n) is 4.40. The average Bonchev–Trinajstić information content (AvgIpc) is 2.94. The summed E-state index contributed by atoms with van der Waals surface area (Å²) in [5.41, 5.74) is 7.29. The number of rotatable bonds is 3. The average molecular weight is 205 g/mol. The van der Waals surface area contributed by atoms with E-state index in [1.54, 1.807) is 0 Å². The fourth-order valence-corrected chi connectivity index (χ4v) is 1.99. The summed E-state index contributed by atoms with van der Waals surface area (Å²) in [5, 5.41) is 0. The van der Waals surface area contributed by atoms with Crippen LogP contribution in [0.1, 0.15) is 30.9 Å². The van der Waals surface area contributed by atoms with Crippen LogP contribution in [0.15, 0.2) is 18.2 Å². The molecule has 1 aliphatic carbocycles. The predicted molar refractivity (Wildman–Crippen MR) is 56.8 cm³/mol. The van der Waals surface area contributed by atoms with Gasteiger partial charge in [0.15, 0.2) is 11.5 Å². The summed E-state index contributed by atoms with van der Waals surface area (Å²) in [4.78, 5) is 0. The van der Waals surface area contributed by atoms with E-state index in [0.717, 1.165) is 29.4 Å². The van der Waals surface area contributed by atoms with E-state index >= 15 is 0 Å². The molecule has 2 N–H and O–H groups in total. The Balaban J connectivity index is 1.78. The zero-order valence-corrected chi connectivity index (χ0v) is 8.61. The molecule has 80 valence electrons. The number of hydrogen-bond acceptors (Lipinski definition) is 3. The van der Waals surface area contributed by atoms with E-state index in [1.807, 2.05) is 18.2 Å². The van der Waals surface area contributed by atoms with E-state index in [-0.39, 0.29) is 6.04 Å². The molecule has 1 aliphatic heterocycles. The van der Waals surface area contributed by atoms with Gasteiger partial charge in [-0.05, 0) is 30.0 Å². The summed E-state index contributed by atoms with van der Waals surface area (Å²) in [7, 11) is 0. The van der Waals surface area contributed by atoms with Gasteiger partial charge in [0, 0.05) is 6.04 Å². The molecule has 0 aromatic heterocycles. The summed E-state index contributed by atoms with van der Waals surface area (Å²) in [6, 6.07) is 6.15. The van der Waals surface area contributed by atoms with Gasteiger partial charge >= 0.3 is 0 Å². The van der Waals surface area contributed by atoms with Gasteiger partial charge < -0.3 is 15.2 Å². The van der Waals surface area contributed by atoms with Crippen LogP contribution in [0.4, 0.5) is 0 Å². The Morgan fingerprint density at radius 1 is 1.27 bits per heavy atom. The van der Waals surface area contributed by atoms with Crippen molar-refractivity contribution in [2.75, 3.05) is 6.79 Å². The van der Waals surface area contributed by atoms with Crippen LogP contribution in [0.5, 0.6) is 11.5 Å². The van der Waals surface area contributed by atoms with E-state index in [2.05, 4.69) is 0 Å². The largest absolute Gasteiger partial charge is 0.454 e. The fraction of sp³-hybridized carbons (Fsp3) is 0.500. The van der Waals surface area contributed by atoms with Gasteiger partial charge in [0.25, 0.3) is 0 Å². The molecule has 1 saturated carbocycles. The SMILES string of the molecule is N[C@@H](CC1CC1)c1ccc2c(c1)OCO2. The highest BCUT2D eigenvalue weighted by Crippen LogP contribution is 2.39. The van der Waals surface area contributed by atoms with E-state index < -0.39 is 0 Å². The Labute approximate surface area is 89.2 Å². The van der Waals surface area contributed by atoms with Crippen molar-refractivity contribution in [3.63, 3.8) is 0 Å². The minimum Gasteiger partial charge on any atom is -0.454 e. The summed E-state index contributed by atoms with van der Waals surface area (Å²) in [6.45, 7) is 0.330. The monoisotopic (exact) mass is 205 g/mol. The third-order valence-corrected chi connectivity index (χ3v) is 3.11. The topological polar surface area (TPSA) is 44.5 Å². The molecule has 15 heavy (non-hydrogen) atoms. The predicted octanol–water partition coefficient (Wildman–Crippen LogP) is 2.22. The van der Waals surface area contributed by atoms with Crippen LogP contribution >= 0.6 is 0 Å². The molecule has 0 radical (unpaired) electrons. The van der Waals surface area contributed by atoms with Crippen LogP contribution in [-0.4, -0.2) is 6.79 Å². The summed E-state index contributed by atoms with van der Waals surface area (Å²) in [6.07, 6.45) is 3.79. The first kappa shape index (κ1) is 9.04. The van der Waals surface area contributed by atoms with E-state index in [0.29, 0.717) is 6.79 Å². The molecule has 1 aromatic carbocycles. The molecule has 0 bridgehead atoms. The molecule has 0 amide bonds. The number of nitrogens with two attached hydrogens (primary N) is 1. The quantitative estimate of drug-likeness (QED) is 0.822. The van der Waals surface area contributed by atoms with Gasteiger partial charge in [-0.3, -0.25) is 0 Å². The standard InChI is InChI=1S/C12H15NO2/c13-10(5-8-1-2-8)9-3-4-11-12(6-9)15-7-14-11/h3-4,6,8,10H,1-2,5,7,13H2/t10-/m0/s1. The molecule has 0 unspecified atom stereocenters. The first-order chi connectivity index (χ1) is 7.33. The normalized spacial score (nSPS) is 20.3. The zero-order valence-electron chi connectivity index (χ0n) is 8.61. The highest BCUT2D eigenvalue weighted by molar-refractivity contribution is 5.45. The minimum absolute atomic E-state index is 0.145. The van der Waals surface area contributed by atoms with E-state index in [1.165, 1.54) is 12.8 Å². The van der Waals surface area contributed by atoms with Gasteiger partial charge in [-0.25, -0.2) is 0 Å². The Hall–Kier alpha value is -1.22. The lowest BCUT2D eigenvalue weighted by molar-refractivity contribution is 0.174. The lowest BCUT2D eigenvalue weighted by Crippen LogP contribution is -2.10. The molecule has 1 atom stereocenters. The Kier molecular flexibility index (Phi) is 2.06. The second-order valence-corrected chi connectivity index (χ2v) is 4.40. The smallest absolute Gasteiger partial charge is 0.231 e. The molecule has 0 spiro atoms. The van der Waals surface area contributed by atoms with Crippen molar-refractivity contribution >= 4 is 0 Å². The van der Waals surface area contributed by atoms with Crippen molar-refractivity contribution in [1.82, 2.24) is 0 Å². The molecule has 2 aliphatic rings. The van der Waals surface area contributed by atoms with Crippen molar-refractivity contribution in [2.24, 2.45) is 11.7 Å². The van der Waals surface area contributed by atoms with Crippen molar-refractivity contribution in [1.29, 1.82) is 0 Å². The minimum atomic E-state index is 0.145. The third-order valence-electron chi connectivity index (χ3n) is 3.11. The summed E-state index contributed by atoms with van der Waals surface area (Å²) in [5.74, 6) is 2.52. The van der Waals surface area contributed by atoms with Gasteiger partial charge in [-0.1, -0.05) is 18.9 Å². The molecule has 1 aromatic rings. The van der Waals surface area contributed by atoms with Crippen LogP contribution in [-0.2, 0) is 0 Å².